The molecule has 2 heterocycles. The molecule has 0 amide bonds. The molecule has 0 aromatic heterocycles. The Morgan fingerprint density at radius 1 is 1.26 bits per heavy atom. The van der Waals surface area contributed by atoms with E-state index in [1.807, 2.05) is 0 Å². The van der Waals surface area contributed by atoms with Crippen molar-refractivity contribution in [3.63, 3.8) is 0 Å². The average molecular weight is 316 g/mol. The number of esters is 1. The molecule has 126 valence electrons. The van der Waals surface area contributed by atoms with Gasteiger partial charge in [0, 0.05) is 12.5 Å². The van der Waals surface area contributed by atoms with Crippen molar-refractivity contribution in [3.05, 3.63) is 11.6 Å². The van der Waals surface area contributed by atoms with Crippen molar-refractivity contribution in [1.82, 2.24) is 0 Å². The minimum atomic E-state index is -0.248. The molecule has 3 heteroatoms. The van der Waals surface area contributed by atoms with Gasteiger partial charge in [0.1, 0.15) is 6.10 Å². The first-order valence-corrected chi connectivity index (χ1v) is 9.52. The molecule has 3 nitrogen and oxygen atoms in total. The topological polar surface area (TPSA) is 46.5 Å². The molecule has 4 aliphatic carbocycles. The Kier molecular flexibility index (Phi) is 2.78. The van der Waals surface area contributed by atoms with Crippen LogP contribution in [0.25, 0.3) is 0 Å². The standard InChI is InChI=1S/C20H28O3/c1-11-4-3-5-19(10-21)6-7-20-12(2)8-15(23-18(20)22)14-9-13(11)16(19)17(14)20/h4,12-17,21H,3,5-10H2,1-2H3/t12-,13-,14-,15+,16-,17+,19+,20?/m1/s1. The summed E-state index contributed by atoms with van der Waals surface area (Å²) in [4.78, 5) is 12.9. The van der Waals surface area contributed by atoms with Gasteiger partial charge in [-0.3, -0.25) is 4.79 Å². The summed E-state index contributed by atoms with van der Waals surface area (Å²) in [6.45, 7) is 4.86. The maximum atomic E-state index is 12.9. The number of ether oxygens (including phenoxy) is 1. The van der Waals surface area contributed by atoms with Gasteiger partial charge < -0.3 is 9.84 Å². The third-order valence-electron chi connectivity index (χ3n) is 8.74. The highest BCUT2D eigenvalue weighted by molar-refractivity contribution is 5.80. The zero-order valence-electron chi connectivity index (χ0n) is 14.3. The number of aliphatic hydroxyl groups is 1. The van der Waals surface area contributed by atoms with Crippen LogP contribution in [0.4, 0.5) is 0 Å². The average Bonchev–Trinajstić information content (AvgIpc) is 2.89. The van der Waals surface area contributed by atoms with E-state index in [4.69, 9.17) is 4.74 Å². The predicted octanol–water partition coefficient (Wildman–Crippen LogP) is 3.32. The number of carbonyl (C=O) groups is 1. The number of fused-ring (bicyclic) bond motifs is 2. The minimum Gasteiger partial charge on any atom is -0.462 e. The summed E-state index contributed by atoms with van der Waals surface area (Å²) in [6, 6.07) is 0. The monoisotopic (exact) mass is 316 g/mol. The van der Waals surface area contributed by atoms with Gasteiger partial charge in [-0.1, -0.05) is 18.6 Å². The normalized spacial score (nSPS) is 56.7. The molecule has 0 radical (unpaired) electrons. The lowest BCUT2D eigenvalue weighted by Gasteiger charge is -2.63. The predicted molar refractivity (Wildman–Crippen MR) is 86.4 cm³/mol. The van der Waals surface area contributed by atoms with E-state index in [9.17, 15) is 9.90 Å². The van der Waals surface area contributed by atoms with Gasteiger partial charge in [0.05, 0.1) is 5.41 Å². The zero-order valence-corrected chi connectivity index (χ0v) is 14.3. The first-order chi connectivity index (χ1) is 11.0. The van der Waals surface area contributed by atoms with Crippen molar-refractivity contribution < 1.29 is 14.6 Å². The smallest absolute Gasteiger partial charge is 0.312 e. The first-order valence-electron chi connectivity index (χ1n) is 9.52. The van der Waals surface area contributed by atoms with Crippen LogP contribution in [0, 0.1) is 40.4 Å². The van der Waals surface area contributed by atoms with Crippen molar-refractivity contribution in [1.29, 1.82) is 0 Å². The fourth-order valence-corrected chi connectivity index (χ4v) is 7.68. The van der Waals surface area contributed by atoms with Crippen LogP contribution in [0.15, 0.2) is 11.6 Å². The molecule has 23 heavy (non-hydrogen) atoms. The van der Waals surface area contributed by atoms with Gasteiger partial charge in [-0.05, 0) is 74.5 Å². The van der Waals surface area contributed by atoms with Crippen LogP contribution < -0.4 is 0 Å². The SMILES string of the molecule is CC1=CCC[C@@]2(CO)CCC34C(=O)O[C@@H](C[C@H]3C)[C@H]3C[C@H]1[C@@H]2[C@H]34. The second kappa shape index (κ2) is 4.41. The molecule has 2 bridgehead atoms. The Balaban J connectivity index is 1.70. The summed E-state index contributed by atoms with van der Waals surface area (Å²) >= 11 is 0. The zero-order chi connectivity index (χ0) is 16.0. The van der Waals surface area contributed by atoms with Gasteiger partial charge in [0.15, 0.2) is 0 Å². The third kappa shape index (κ3) is 1.49. The number of rotatable bonds is 1. The van der Waals surface area contributed by atoms with Crippen LogP contribution in [0.3, 0.4) is 0 Å². The first kappa shape index (κ1) is 14.5. The molecule has 2 saturated heterocycles. The summed E-state index contributed by atoms with van der Waals surface area (Å²) in [5.41, 5.74) is 1.31. The Morgan fingerprint density at radius 3 is 2.83 bits per heavy atom. The van der Waals surface area contributed by atoms with Gasteiger partial charge in [-0.25, -0.2) is 0 Å². The second-order valence-corrected chi connectivity index (χ2v) is 9.19. The Labute approximate surface area is 138 Å². The lowest BCUT2D eigenvalue weighted by atomic mass is 9.43. The van der Waals surface area contributed by atoms with Crippen LogP contribution in [0.2, 0.25) is 0 Å². The Morgan fingerprint density at radius 2 is 2.09 bits per heavy atom. The lowest BCUT2D eigenvalue weighted by molar-refractivity contribution is -0.237. The molecule has 1 N–H and O–H groups in total. The van der Waals surface area contributed by atoms with Gasteiger partial charge in [-0.15, -0.1) is 0 Å². The van der Waals surface area contributed by atoms with E-state index >= 15 is 0 Å². The van der Waals surface area contributed by atoms with Crippen molar-refractivity contribution in [2.24, 2.45) is 40.4 Å². The highest BCUT2D eigenvalue weighted by atomic mass is 16.5. The molecule has 2 aliphatic heterocycles. The number of hydrogen-bond acceptors (Lipinski definition) is 3. The Bertz CT molecular complexity index is 596. The third-order valence-corrected chi connectivity index (χ3v) is 8.74. The summed E-state index contributed by atoms with van der Waals surface area (Å²) in [6.07, 6.45) is 8.90. The molecule has 5 fully saturated rings. The quantitative estimate of drug-likeness (QED) is 0.596. The summed E-state index contributed by atoms with van der Waals surface area (Å²) < 4.78 is 5.91. The van der Waals surface area contributed by atoms with Gasteiger partial charge in [0.25, 0.3) is 0 Å². The molecular weight excluding hydrogens is 288 g/mol. The number of aliphatic hydroxyl groups excluding tert-OH is 1. The number of hydrogen-bond donors (Lipinski definition) is 1. The van der Waals surface area contributed by atoms with E-state index in [1.54, 1.807) is 0 Å². The van der Waals surface area contributed by atoms with Crippen LogP contribution in [0.1, 0.15) is 52.4 Å². The highest BCUT2D eigenvalue weighted by Crippen LogP contribution is 2.73. The van der Waals surface area contributed by atoms with Crippen molar-refractivity contribution in [3.8, 4) is 0 Å². The van der Waals surface area contributed by atoms with Crippen LogP contribution in [-0.4, -0.2) is 23.8 Å². The van der Waals surface area contributed by atoms with E-state index in [2.05, 4.69) is 19.9 Å². The number of allylic oxidation sites excluding steroid dienone is 2. The summed E-state index contributed by atoms with van der Waals surface area (Å²) in [5, 5.41) is 10.4. The van der Waals surface area contributed by atoms with Gasteiger partial charge in [-0.2, -0.15) is 0 Å². The maximum absolute atomic E-state index is 12.9. The van der Waals surface area contributed by atoms with Crippen LogP contribution in [-0.2, 0) is 9.53 Å². The molecule has 1 unspecified atom stereocenters. The lowest BCUT2D eigenvalue weighted by Crippen LogP contribution is -2.65. The molecule has 8 atom stereocenters. The molecule has 6 rings (SSSR count). The number of carbonyl (C=O) groups excluding carboxylic acids is 1. The van der Waals surface area contributed by atoms with Crippen LogP contribution in [0.5, 0.6) is 0 Å². The van der Waals surface area contributed by atoms with Gasteiger partial charge >= 0.3 is 5.97 Å². The highest BCUT2D eigenvalue weighted by Gasteiger charge is 2.73. The van der Waals surface area contributed by atoms with Gasteiger partial charge in [0.2, 0.25) is 0 Å². The molecule has 0 aromatic rings. The molecule has 3 saturated carbocycles. The molecule has 0 aromatic carbocycles. The Hall–Kier alpha value is -0.830. The fourth-order valence-electron chi connectivity index (χ4n) is 7.68. The largest absolute Gasteiger partial charge is 0.462 e. The second-order valence-electron chi connectivity index (χ2n) is 9.19. The van der Waals surface area contributed by atoms with Crippen molar-refractivity contribution in [2.45, 2.75) is 58.5 Å². The van der Waals surface area contributed by atoms with E-state index in [-0.39, 0.29) is 22.9 Å². The molecule has 1 spiro atoms. The van der Waals surface area contributed by atoms with Crippen molar-refractivity contribution >= 4 is 5.97 Å². The van der Waals surface area contributed by atoms with Crippen LogP contribution >= 0.6 is 0 Å². The summed E-state index contributed by atoms with van der Waals surface area (Å²) in [7, 11) is 0. The van der Waals surface area contributed by atoms with E-state index < -0.39 is 0 Å². The minimum absolute atomic E-state index is 0.0427. The van der Waals surface area contributed by atoms with E-state index in [1.165, 1.54) is 12.0 Å². The van der Waals surface area contributed by atoms with E-state index in [0.717, 1.165) is 32.1 Å². The summed E-state index contributed by atoms with van der Waals surface area (Å²) in [5.74, 6) is 2.57. The van der Waals surface area contributed by atoms with Crippen molar-refractivity contribution in [2.75, 3.05) is 6.61 Å². The van der Waals surface area contributed by atoms with E-state index in [0.29, 0.717) is 36.2 Å². The maximum Gasteiger partial charge on any atom is 0.312 e. The fraction of sp³-hybridized carbons (Fsp3) is 0.850. The molecule has 6 aliphatic rings. The molecular formula is C20H28O3.